The largest absolute Gasteiger partial charge is 0.336 e. The van der Waals surface area contributed by atoms with Crippen LogP contribution in [-0.4, -0.2) is 30.2 Å². The standard InChI is InChI=1S/C24H25N3/c1-2-6-18(7-3-1)17-27-23-9-5-4-8-21(23)22-15-19(10-11-24(22)27)14-20-16-25-12-13-26-20/h1-11,15,20,25-26H,12-14,16-17H2. The van der Waals surface area contributed by atoms with Gasteiger partial charge in [0.2, 0.25) is 0 Å². The Bertz CT molecular complexity index is 1060. The molecule has 3 nitrogen and oxygen atoms in total. The maximum absolute atomic E-state index is 3.62. The maximum atomic E-state index is 3.62. The molecule has 1 aliphatic heterocycles. The average molecular weight is 355 g/mol. The number of fused-ring (bicyclic) bond motifs is 3. The van der Waals surface area contributed by atoms with Gasteiger partial charge in [-0.25, -0.2) is 0 Å². The molecule has 1 aromatic heterocycles. The zero-order chi connectivity index (χ0) is 18.1. The van der Waals surface area contributed by atoms with Crippen LogP contribution < -0.4 is 10.6 Å². The van der Waals surface area contributed by atoms with E-state index in [1.54, 1.807) is 0 Å². The van der Waals surface area contributed by atoms with E-state index in [4.69, 9.17) is 0 Å². The minimum absolute atomic E-state index is 0.522. The Hall–Kier alpha value is -2.62. The van der Waals surface area contributed by atoms with E-state index in [0.717, 1.165) is 32.6 Å². The summed E-state index contributed by atoms with van der Waals surface area (Å²) >= 11 is 0. The minimum Gasteiger partial charge on any atom is -0.336 e. The summed E-state index contributed by atoms with van der Waals surface area (Å²) in [5, 5.41) is 9.82. The fourth-order valence-corrected chi connectivity index (χ4v) is 4.31. The molecule has 1 unspecified atom stereocenters. The van der Waals surface area contributed by atoms with Crippen molar-refractivity contribution in [3.05, 3.63) is 83.9 Å². The first-order valence-corrected chi connectivity index (χ1v) is 9.86. The summed E-state index contributed by atoms with van der Waals surface area (Å²) in [6.07, 6.45) is 1.07. The van der Waals surface area contributed by atoms with Crippen LogP contribution in [0.1, 0.15) is 11.1 Å². The summed E-state index contributed by atoms with van der Waals surface area (Å²) in [6.45, 7) is 4.08. The van der Waals surface area contributed by atoms with Gasteiger partial charge in [0.25, 0.3) is 0 Å². The number of nitrogens with zero attached hydrogens (tertiary/aromatic N) is 1. The summed E-state index contributed by atoms with van der Waals surface area (Å²) in [4.78, 5) is 0. The highest BCUT2D eigenvalue weighted by atomic mass is 15.0. The maximum Gasteiger partial charge on any atom is 0.0494 e. The number of piperazine rings is 1. The molecular formula is C24H25N3. The second kappa shape index (κ2) is 7.18. The molecule has 4 aromatic rings. The highest BCUT2D eigenvalue weighted by Gasteiger charge is 2.15. The first kappa shape index (κ1) is 16.5. The van der Waals surface area contributed by atoms with E-state index in [1.807, 2.05) is 0 Å². The third-order valence-electron chi connectivity index (χ3n) is 5.63. The van der Waals surface area contributed by atoms with Gasteiger partial charge in [0.15, 0.2) is 0 Å². The van der Waals surface area contributed by atoms with Crippen LogP contribution in [0.15, 0.2) is 72.8 Å². The lowest BCUT2D eigenvalue weighted by Gasteiger charge is -2.24. The Kier molecular flexibility index (Phi) is 4.40. The van der Waals surface area contributed by atoms with E-state index in [0.29, 0.717) is 6.04 Å². The summed E-state index contributed by atoms with van der Waals surface area (Å²) < 4.78 is 2.45. The molecule has 0 radical (unpaired) electrons. The van der Waals surface area contributed by atoms with Crippen molar-refractivity contribution < 1.29 is 0 Å². The number of aromatic nitrogens is 1. The van der Waals surface area contributed by atoms with E-state index in [-0.39, 0.29) is 0 Å². The molecule has 1 saturated heterocycles. The van der Waals surface area contributed by atoms with Gasteiger partial charge < -0.3 is 15.2 Å². The predicted molar refractivity (Wildman–Crippen MR) is 113 cm³/mol. The van der Waals surface area contributed by atoms with Gasteiger partial charge in [-0.1, -0.05) is 54.6 Å². The van der Waals surface area contributed by atoms with E-state index in [2.05, 4.69) is 88.0 Å². The van der Waals surface area contributed by atoms with Crippen LogP contribution in [0.5, 0.6) is 0 Å². The molecule has 0 saturated carbocycles. The third-order valence-corrected chi connectivity index (χ3v) is 5.63. The lowest BCUT2D eigenvalue weighted by atomic mass is 10.0. The lowest BCUT2D eigenvalue weighted by molar-refractivity contribution is 0.417. The van der Waals surface area contributed by atoms with Crippen molar-refractivity contribution in [3.8, 4) is 0 Å². The van der Waals surface area contributed by atoms with Crippen molar-refractivity contribution in [2.24, 2.45) is 0 Å². The van der Waals surface area contributed by atoms with Crippen LogP contribution in [0.25, 0.3) is 21.8 Å². The zero-order valence-electron chi connectivity index (χ0n) is 15.5. The third kappa shape index (κ3) is 3.25. The number of para-hydroxylation sites is 1. The summed E-state index contributed by atoms with van der Waals surface area (Å²) in [5.74, 6) is 0. The van der Waals surface area contributed by atoms with Crippen molar-refractivity contribution in [2.75, 3.05) is 19.6 Å². The number of hydrogen-bond acceptors (Lipinski definition) is 2. The monoisotopic (exact) mass is 355 g/mol. The normalized spacial score (nSPS) is 17.6. The Labute approximate surface area is 160 Å². The van der Waals surface area contributed by atoms with Gasteiger partial charge in [0.05, 0.1) is 0 Å². The zero-order valence-corrected chi connectivity index (χ0v) is 15.5. The van der Waals surface area contributed by atoms with Crippen molar-refractivity contribution in [3.63, 3.8) is 0 Å². The van der Waals surface area contributed by atoms with Crippen LogP contribution in [0, 0.1) is 0 Å². The van der Waals surface area contributed by atoms with Crippen LogP contribution in [-0.2, 0) is 13.0 Å². The van der Waals surface area contributed by atoms with E-state index in [1.165, 1.54) is 32.9 Å². The summed E-state index contributed by atoms with van der Waals surface area (Å²) in [5.41, 5.74) is 5.37. The topological polar surface area (TPSA) is 29.0 Å². The molecule has 136 valence electrons. The molecule has 0 bridgehead atoms. The van der Waals surface area contributed by atoms with Gasteiger partial charge in [0, 0.05) is 54.0 Å². The van der Waals surface area contributed by atoms with Gasteiger partial charge >= 0.3 is 0 Å². The van der Waals surface area contributed by atoms with E-state index < -0.39 is 0 Å². The molecule has 0 amide bonds. The van der Waals surface area contributed by atoms with Crippen molar-refractivity contribution in [1.29, 1.82) is 0 Å². The van der Waals surface area contributed by atoms with Gasteiger partial charge in [-0.3, -0.25) is 0 Å². The smallest absolute Gasteiger partial charge is 0.0494 e. The number of hydrogen-bond donors (Lipinski definition) is 2. The lowest BCUT2D eigenvalue weighted by Crippen LogP contribution is -2.49. The molecule has 1 atom stereocenters. The van der Waals surface area contributed by atoms with Crippen molar-refractivity contribution in [2.45, 2.75) is 19.0 Å². The van der Waals surface area contributed by atoms with Crippen LogP contribution in [0.4, 0.5) is 0 Å². The molecule has 3 heteroatoms. The molecule has 0 aliphatic carbocycles. The molecule has 0 spiro atoms. The Morgan fingerprint density at radius 3 is 2.44 bits per heavy atom. The second-order valence-corrected chi connectivity index (χ2v) is 7.50. The van der Waals surface area contributed by atoms with Gasteiger partial charge in [-0.2, -0.15) is 0 Å². The molecule has 1 fully saturated rings. The second-order valence-electron chi connectivity index (χ2n) is 7.50. The molecule has 5 rings (SSSR count). The Morgan fingerprint density at radius 2 is 1.59 bits per heavy atom. The Morgan fingerprint density at radius 1 is 0.778 bits per heavy atom. The van der Waals surface area contributed by atoms with E-state index in [9.17, 15) is 0 Å². The fourth-order valence-electron chi connectivity index (χ4n) is 4.31. The van der Waals surface area contributed by atoms with Gasteiger partial charge in [-0.05, 0) is 35.7 Å². The predicted octanol–water partition coefficient (Wildman–Crippen LogP) is 3.95. The highest BCUT2D eigenvalue weighted by Crippen LogP contribution is 2.30. The van der Waals surface area contributed by atoms with Gasteiger partial charge in [-0.15, -0.1) is 0 Å². The SMILES string of the molecule is c1ccc(Cn2c3ccccc3c3cc(CC4CNCCN4)ccc32)cc1. The van der Waals surface area contributed by atoms with E-state index >= 15 is 0 Å². The van der Waals surface area contributed by atoms with Crippen LogP contribution >= 0.6 is 0 Å². The number of rotatable bonds is 4. The molecular weight excluding hydrogens is 330 g/mol. The van der Waals surface area contributed by atoms with Crippen LogP contribution in [0.3, 0.4) is 0 Å². The minimum atomic E-state index is 0.522. The summed E-state index contributed by atoms with van der Waals surface area (Å²) in [7, 11) is 0. The molecule has 2 heterocycles. The molecule has 27 heavy (non-hydrogen) atoms. The number of benzene rings is 3. The number of nitrogens with one attached hydrogen (secondary N) is 2. The average Bonchev–Trinajstić information content (AvgIpc) is 3.03. The molecule has 1 aliphatic rings. The van der Waals surface area contributed by atoms with Crippen molar-refractivity contribution in [1.82, 2.24) is 15.2 Å². The quantitative estimate of drug-likeness (QED) is 0.580. The fraction of sp³-hybridized carbons (Fsp3) is 0.250. The molecule has 2 N–H and O–H groups in total. The van der Waals surface area contributed by atoms with Gasteiger partial charge in [0.1, 0.15) is 0 Å². The Balaban J connectivity index is 1.57. The first-order valence-electron chi connectivity index (χ1n) is 9.86. The first-order chi connectivity index (χ1) is 13.4. The molecule has 3 aromatic carbocycles. The summed E-state index contributed by atoms with van der Waals surface area (Å²) in [6, 6.07) is 27.0. The van der Waals surface area contributed by atoms with Crippen molar-refractivity contribution >= 4 is 21.8 Å². The van der Waals surface area contributed by atoms with Crippen LogP contribution in [0.2, 0.25) is 0 Å². The highest BCUT2D eigenvalue weighted by molar-refractivity contribution is 6.08.